The predicted molar refractivity (Wildman–Crippen MR) is 303 cm³/mol. The Morgan fingerprint density at radius 3 is 0.859 bits per heavy atom. The molecule has 2 N–H and O–H groups in total. The highest BCUT2D eigenvalue weighted by Crippen LogP contribution is 2.19. The topological polar surface area (TPSA) is 206 Å². The molecular formula is C58H102N8O12. The number of carboxylic acids is 2. The molecule has 78 heavy (non-hydrogen) atoms. The molecule has 1 aromatic carbocycles. The van der Waals surface area contributed by atoms with Crippen LogP contribution in [0, 0.1) is 0 Å². The summed E-state index contributed by atoms with van der Waals surface area (Å²) in [5.74, 6) is -1.62. The Balaban J connectivity index is 1.87. The van der Waals surface area contributed by atoms with Crippen LogP contribution in [0.3, 0.4) is 0 Å². The third-order valence-electron chi connectivity index (χ3n) is 13.0. The van der Waals surface area contributed by atoms with Crippen molar-refractivity contribution < 1.29 is 57.9 Å². The summed E-state index contributed by atoms with van der Waals surface area (Å²) in [6, 6.07) is 8.66. The molecule has 0 aromatic heterocycles. The van der Waals surface area contributed by atoms with Gasteiger partial charge in [0.25, 0.3) is 0 Å². The number of ether oxygens (including phenoxy) is 4. The van der Waals surface area contributed by atoms with E-state index in [2.05, 4.69) is 43.9 Å². The summed E-state index contributed by atoms with van der Waals surface area (Å²) in [6.45, 7) is 33.5. The smallest absolute Gasteiger partial charge is 0.410 e. The minimum absolute atomic E-state index is 0.111. The van der Waals surface area contributed by atoms with E-state index >= 15 is 0 Å². The SMILES string of the molecule is CC(C)(C)OC(=O)N1CCCN(C(=O)OC(C)(C)C)CCN(Cc2ccc(CN3CCCN(CCCCC(=O)O)CCN(C(=O)OC(C)(C)C)CCCN(C(=O)OC(C)(C)C)CC3)cc2)CCCN(CCCCC(=O)O)CC1. The molecule has 2 aliphatic rings. The lowest BCUT2D eigenvalue weighted by molar-refractivity contribution is -0.138. The first-order chi connectivity index (χ1) is 36.4. The monoisotopic (exact) mass is 1100 g/mol. The number of hydrogen-bond acceptors (Lipinski definition) is 14. The first-order valence-corrected chi connectivity index (χ1v) is 28.8. The second-order valence-electron chi connectivity index (χ2n) is 25.0. The van der Waals surface area contributed by atoms with Gasteiger partial charge in [-0.1, -0.05) is 24.3 Å². The lowest BCUT2D eigenvalue weighted by Crippen LogP contribution is -2.46. The Bertz CT molecular complexity index is 1840. The third kappa shape index (κ3) is 30.4. The highest BCUT2D eigenvalue weighted by molar-refractivity contribution is 5.70. The lowest BCUT2D eigenvalue weighted by atomic mass is 10.1. The fourth-order valence-electron chi connectivity index (χ4n) is 9.17. The number of hydrogen-bond donors (Lipinski definition) is 2. The molecule has 0 radical (unpaired) electrons. The van der Waals surface area contributed by atoms with E-state index in [0.717, 1.165) is 63.0 Å². The number of aliphatic carboxylic acids is 2. The Labute approximate surface area is 467 Å². The van der Waals surface area contributed by atoms with E-state index in [-0.39, 0.29) is 12.8 Å². The Morgan fingerprint density at radius 1 is 0.359 bits per heavy atom. The van der Waals surface area contributed by atoms with E-state index in [1.54, 1.807) is 19.6 Å². The van der Waals surface area contributed by atoms with Gasteiger partial charge >= 0.3 is 36.3 Å². The molecular weight excluding hydrogens is 1000 g/mol. The zero-order chi connectivity index (χ0) is 58.1. The number of benzene rings is 1. The van der Waals surface area contributed by atoms with Gasteiger partial charge in [-0.3, -0.25) is 19.4 Å². The van der Waals surface area contributed by atoms with Gasteiger partial charge in [0.2, 0.25) is 0 Å². The van der Waals surface area contributed by atoms with Gasteiger partial charge in [0.05, 0.1) is 0 Å². The van der Waals surface area contributed by atoms with Crippen LogP contribution in [0.4, 0.5) is 19.2 Å². The molecule has 446 valence electrons. The first kappa shape index (κ1) is 67.4. The molecule has 0 saturated carbocycles. The van der Waals surface area contributed by atoms with Crippen molar-refractivity contribution in [3.05, 3.63) is 35.4 Å². The van der Waals surface area contributed by atoms with Crippen molar-refractivity contribution in [2.75, 3.05) is 118 Å². The van der Waals surface area contributed by atoms with Crippen molar-refractivity contribution in [2.24, 2.45) is 0 Å². The van der Waals surface area contributed by atoms with Crippen molar-refractivity contribution in [1.29, 1.82) is 0 Å². The summed E-state index contributed by atoms with van der Waals surface area (Å²) < 4.78 is 23.4. The maximum Gasteiger partial charge on any atom is 0.410 e. The molecule has 2 fully saturated rings. The quantitative estimate of drug-likeness (QED) is 0.132. The van der Waals surface area contributed by atoms with E-state index in [1.807, 2.05) is 83.1 Å². The van der Waals surface area contributed by atoms with Crippen molar-refractivity contribution in [2.45, 2.75) is 183 Å². The fraction of sp³-hybridized carbons (Fsp3) is 0.793. The molecule has 3 rings (SSSR count). The molecule has 2 aliphatic heterocycles. The molecule has 20 heteroatoms. The Morgan fingerprint density at radius 2 is 0.603 bits per heavy atom. The molecule has 4 amide bonds. The van der Waals surface area contributed by atoms with Gasteiger partial charge in [-0.15, -0.1) is 0 Å². The second-order valence-corrected chi connectivity index (χ2v) is 25.0. The van der Waals surface area contributed by atoms with Crippen LogP contribution in [0.1, 0.15) is 158 Å². The average molecular weight is 1100 g/mol. The van der Waals surface area contributed by atoms with E-state index in [1.165, 1.54) is 0 Å². The van der Waals surface area contributed by atoms with Gasteiger partial charge in [0.1, 0.15) is 22.4 Å². The number of carboxylic acid groups (broad SMARTS) is 2. The average Bonchev–Trinajstić information content (AvgIpc) is 3.30. The molecule has 2 saturated heterocycles. The van der Waals surface area contributed by atoms with Gasteiger partial charge in [-0.05, 0) is 185 Å². The van der Waals surface area contributed by atoms with Gasteiger partial charge < -0.3 is 58.6 Å². The van der Waals surface area contributed by atoms with Crippen LogP contribution in [0.5, 0.6) is 0 Å². The summed E-state index contributed by atoms with van der Waals surface area (Å²) in [5, 5.41) is 18.6. The Hall–Kier alpha value is -4.92. The van der Waals surface area contributed by atoms with Crippen molar-refractivity contribution >= 4 is 36.3 Å². The largest absolute Gasteiger partial charge is 0.481 e. The number of unbranched alkanes of at least 4 members (excludes halogenated alkanes) is 2. The number of carbonyl (C=O) groups excluding carboxylic acids is 4. The van der Waals surface area contributed by atoms with E-state index < -0.39 is 58.7 Å². The van der Waals surface area contributed by atoms with E-state index in [0.29, 0.717) is 130 Å². The summed E-state index contributed by atoms with van der Waals surface area (Å²) in [7, 11) is 0. The van der Waals surface area contributed by atoms with Crippen molar-refractivity contribution in [1.82, 2.24) is 39.2 Å². The van der Waals surface area contributed by atoms with Crippen LogP contribution < -0.4 is 0 Å². The maximum atomic E-state index is 13.7. The van der Waals surface area contributed by atoms with Crippen LogP contribution in [0.25, 0.3) is 0 Å². The summed E-state index contributed by atoms with van der Waals surface area (Å²) in [6.07, 6.45) is 3.89. The van der Waals surface area contributed by atoms with Crippen LogP contribution in [-0.2, 0) is 41.6 Å². The molecule has 0 spiro atoms. The van der Waals surface area contributed by atoms with E-state index in [4.69, 9.17) is 18.9 Å². The van der Waals surface area contributed by atoms with Gasteiger partial charge in [-0.25, -0.2) is 19.2 Å². The summed E-state index contributed by atoms with van der Waals surface area (Å²) in [4.78, 5) is 93.4. The molecule has 0 aliphatic carbocycles. The minimum Gasteiger partial charge on any atom is -0.481 e. The number of nitrogens with zero attached hydrogens (tertiary/aromatic N) is 8. The highest BCUT2D eigenvalue weighted by atomic mass is 16.6. The van der Waals surface area contributed by atoms with Crippen LogP contribution >= 0.6 is 0 Å². The third-order valence-corrected chi connectivity index (χ3v) is 13.0. The van der Waals surface area contributed by atoms with Crippen LogP contribution in [0.15, 0.2) is 24.3 Å². The maximum absolute atomic E-state index is 13.7. The molecule has 0 atom stereocenters. The molecule has 2 heterocycles. The second kappa shape index (κ2) is 33.0. The predicted octanol–water partition coefficient (Wildman–Crippen LogP) is 8.94. The Kier molecular flexibility index (Phi) is 28.5. The fourth-order valence-corrected chi connectivity index (χ4v) is 9.17. The summed E-state index contributed by atoms with van der Waals surface area (Å²) in [5.41, 5.74) is -0.480. The molecule has 20 nitrogen and oxygen atoms in total. The zero-order valence-electron chi connectivity index (χ0n) is 50.1. The van der Waals surface area contributed by atoms with Crippen molar-refractivity contribution in [3.63, 3.8) is 0 Å². The van der Waals surface area contributed by atoms with Crippen LogP contribution in [0.2, 0.25) is 0 Å². The van der Waals surface area contributed by atoms with Gasteiger partial charge in [0, 0.05) is 104 Å². The normalized spacial score (nSPS) is 18.1. The minimum atomic E-state index is -0.810. The molecule has 0 unspecified atom stereocenters. The first-order valence-electron chi connectivity index (χ1n) is 28.8. The van der Waals surface area contributed by atoms with E-state index in [9.17, 15) is 39.0 Å². The number of carbonyl (C=O) groups is 6. The molecule has 0 bridgehead atoms. The number of rotatable bonds is 14. The van der Waals surface area contributed by atoms with Gasteiger partial charge in [-0.2, -0.15) is 0 Å². The zero-order valence-corrected chi connectivity index (χ0v) is 50.1. The lowest BCUT2D eigenvalue weighted by Gasteiger charge is -2.33. The standard InChI is InChI=1S/C58H102N8O12/c1-55(2,3)75-51(71)63-33-19-35-65(53(73)77-57(7,8)9)43-39-61(31-17-29-59(37-41-63)27-15-13-21-49(67)68)45-47-23-25-48(26-24-47)46-62-32-18-30-60(28-16-14-22-50(69)70)38-42-64(52(72)76-56(4,5)6)34-20-36-66(44-40-62)54(74)78-58(10,11)12/h23-26H,13-22,27-46H2,1-12H3,(H,67,68)(H,69,70). The highest BCUT2D eigenvalue weighted by Gasteiger charge is 2.29. The summed E-state index contributed by atoms with van der Waals surface area (Å²) >= 11 is 0. The van der Waals surface area contributed by atoms with Crippen molar-refractivity contribution in [3.8, 4) is 0 Å². The molecule has 1 aromatic rings. The van der Waals surface area contributed by atoms with Crippen LogP contribution in [-0.4, -0.2) is 226 Å². The number of amides is 4. The van der Waals surface area contributed by atoms with Gasteiger partial charge in [0.15, 0.2) is 0 Å².